The van der Waals surface area contributed by atoms with Gasteiger partial charge in [-0.25, -0.2) is 0 Å². The van der Waals surface area contributed by atoms with Gasteiger partial charge in [-0.2, -0.15) is 0 Å². The highest BCUT2D eigenvalue weighted by Gasteiger charge is 2.14. The second-order valence-corrected chi connectivity index (χ2v) is 5.27. The lowest BCUT2D eigenvalue weighted by Gasteiger charge is -2.14. The Balaban J connectivity index is 2.04. The van der Waals surface area contributed by atoms with Gasteiger partial charge in [0.05, 0.1) is 0 Å². The monoisotopic (exact) mass is 245 g/mol. The Morgan fingerprint density at radius 1 is 1.06 bits per heavy atom. The van der Waals surface area contributed by atoms with Gasteiger partial charge in [-0.05, 0) is 30.9 Å². The largest absolute Gasteiger partial charge is 0.330 e. The van der Waals surface area contributed by atoms with E-state index in [-0.39, 0.29) is 5.78 Å². The first-order valence-electron chi connectivity index (χ1n) is 7.14. The summed E-state index contributed by atoms with van der Waals surface area (Å²) in [4.78, 5) is 11.7. The van der Waals surface area contributed by atoms with Gasteiger partial charge in [-0.1, -0.05) is 49.9 Å². The molecule has 1 aliphatic carbocycles. The van der Waals surface area contributed by atoms with E-state index in [9.17, 15) is 4.79 Å². The third-order valence-corrected chi connectivity index (χ3v) is 3.93. The van der Waals surface area contributed by atoms with Crippen molar-refractivity contribution < 1.29 is 4.79 Å². The summed E-state index contributed by atoms with van der Waals surface area (Å²) < 4.78 is 0. The summed E-state index contributed by atoms with van der Waals surface area (Å²) in [6, 6.07) is 8.22. The van der Waals surface area contributed by atoms with Gasteiger partial charge in [0, 0.05) is 12.0 Å². The number of nitrogens with two attached hydrogens (primary N) is 1. The Labute approximate surface area is 110 Å². The molecule has 0 amide bonds. The van der Waals surface area contributed by atoms with Gasteiger partial charge >= 0.3 is 0 Å². The van der Waals surface area contributed by atoms with Gasteiger partial charge in [0.15, 0.2) is 5.78 Å². The van der Waals surface area contributed by atoms with E-state index in [1.54, 1.807) is 0 Å². The number of benzene rings is 1. The molecule has 1 fully saturated rings. The summed E-state index contributed by atoms with van der Waals surface area (Å²) in [6.45, 7) is 0.434. The Morgan fingerprint density at radius 3 is 2.22 bits per heavy atom. The van der Waals surface area contributed by atoms with Crippen LogP contribution in [0.1, 0.15) is 66.8 Å². The number of rotatable bonds is 4. The van der Waals surface area contributed by atoms with E-state index < -0.39 is 0 Å². The molecule has 2 nitrogen and oxygen atoms in total. The first kappa shape index (κ1) is 13.3. The van der Waals surface area contributed by atoms with Crippen LogP contribution in [0.2, 0.25) is 0 Å². The van der Waals surface area contributed by atoms with E-state index in [1.807, 2.05) is 12.1 Å². The minimum atomic E-state index is 0.157. The minimum absolute atomic E-state index is 0.157. The molecule has 98 valence electrons. The lowest BCUT2D eigenvalue weighted by Crippen LogP contribution is -2.08. The third kappa shape index (κ3) is 3.42. The Kier molecular flexibility index (Phi) is 4.94. The lowest BCUT2D eigenvalue weighted by atomic mass is 9.91. The summed E-state index contributed by atoms with van der Waals surface area (Å²) in [5, 5.41) is 0. The van der Waals surface area contributed by atoms with Crippen molar-refractivity contribution in [2.75, 3.05) is 6.54 Å². The maximum absolute atomic E-state index is 11.7. The highest BCUT2D eigenvalue weighted by molar-refractivity contribution is 5.96. The average molecular weight is 245 g/mol. The summed E-state index contributed by atoms with van der Waals surface area (Å²) >= 11 is 0. The Bertz CT molecular complexity index is 375. The fourth-order valence-electron chi connectivity index (χ4n) is 2.83. The van der Waals surface area contributed by atoms with Crippen LogP contribution in [0.4, 0.5) is 0 Å². The van der Waals surface area contributed by atoms with Crippen molar-refractivity contribution in [2.24, 2.45) is 5.73 Å². The quantitative estimate of drug-likeness (QED) is 0.650. The predicted molar refractivity (Wildman–Crippen MR) is 74.9 cm³/mol. The van der Waals surface area contributed by atoms with E-state index in [2.05, 4.69) is 12.1 Å². The van der Waals surface area contributed by atoms with Crippen molar-refractivity contribution in [3.05, 3.63) is 35.4 Å². The molecule has 0 radical (unpaired) electrons. The van der Waals surface area contributed by atoms with Crippen molar-refractivity contribution >= 4 is 5.78 Å². The van der Waals surface area contributed by atoms with Crippen LogP contribution < -0.4 is 5.73 Å². The van der Waals surface area contributed by atoms with Crippen molar-refractivity contribution in [3.8, 4) is 0 Å². The van der Waals surface area contributed by atoms with E-state index in [0.717, 1.165) is 5.56 Å². The summed E-state index contributed by atoms with van der Waals surface area (Å²) in [5.74, 6) is 0.857. The van der Waals surface area contributed by atoms with Crippen LogP contribution in [0.5, 0.6) is 0 Å². The molecule has 0 unspecified atom stereocenters. The van der Waals surface area contributed by atoms with Gasteiger partial charge in [-0.3, -0.25) is 4.79 Å². The molecule has 0 aromatic heterocycles. The average Bonchev–Trinajstić information content (AvgIpc) is 2.68. The van der Waals surface area contributed by atoms with E-state index in [1.165, 1.54) is 44.1 Å². The number of hydrogen-bond acceptors (Lipinski definition) is 2. The zero-order chi connectivity index (χ0) is 12.8. The van der Waals surface area contributed by atoms with Crippen molar-refractivity contribution in [1.82, 2.24) is 0 Å². The molecule has 0 saturated heterocycles. The van der Waals surface area contributed by atoms with E-state index in [4.69, 9.17) is 5.73 Å². The zero-order valence-corrected chi connectivity index (χ0v) is 11.0. The van der Waals surface area contributed by atoms with E-state index in [0.29, 0.717) is 18.9 Å². The fourth-order valence-corrected chi connectivity index (χ4v) is 2.83. The molecule has 0 heterocycles. The highest BCUT2D eigenvalue weighted by atomic mass is 16.1. The smallest absolute Gasteiger partial charge is 0.164 e. The third-order valence-electron chi connectivity index (χ3n) is 3.93. The molecule has 1 aliphatic rings. The van der Waals surface area contributed by atoms with Crippen LogP contribution in [0.3, 0.4) is 0 Å². The van der Waals surface area contributed by atoms with Crippen LogP contribution in [0.15, 0.2) is 24.3 Å². The second kappa shape index (κ2) is 6.69. The van der Waals surface area contributed by atoms with Gasteiger partial charge < -0.3 is 5.73 Å². The molecule has 1 aromatic carbocycles. The SMILES string of the molecule is NCCC(=O)c1ccc(C2CCCCCC2)cc1. The highest BCUT2D eigenvalue weighted by Crippen LogP contribution is 2.31. The standard InChI is InChI=1S/C16H23NO/c17-12-11-16(18)15-9-7-14(8-10-15)13-5-3-1-2-4-6-13/h7-10,13H,1-6,11-12,17H2. The maximum Gasteiger partial charge on any atom is 0.164 e. The molecular weight excluding hydrogens is 222 g/mol. The van der Waals surface area contributed by atoms with Gasteiger partial charge in [-0.15, -0.1) is 0 Å². The Morgan fingerprint density at radius 2 is 1.67 bits per heavy atom. The van der Waals surface area contributed by atoms with Crippen LogP contribution in [0, 0.1) is 0 Å². The fraction of sp³-hybridized carbons (Fsp3) is 0.562. The molecular formula is C16H23NO. The molecule has 0 atom stereocenters. The summed E-state index contributed by atoms with van der Waals surface area (Å²) in [5.41, 5.74) is 7.62. The topological polar surface area (TPSA) is 43.1 Å². The molecule has 0 aliphatic heterocycles. The maximum atomic E-state index is 11.7. The molecule has 0 bridgehead atoms. The number of carbonyl (C=O) groups excluding carboxylic acids is 1. The number of Topliss-reactive ketones (excluding diaryl/α,β-unsaturated/α-hetero) is 1. The summed E-state index contributed by atoms with van der Waals surface area (Å²) in [7, 11) is 0. The molecule has 1 aromatic rings. The van der Waals surface area contributed by atoms with Gasteiger partial charge in [0.1, 0.15) is 0 Å². The normalized spacial score (nSPS) is 17.4. The van der Waals surface area contributed by atoms with Crippen molar-refractivity contribution in [2.45, 2.75) is 50.9 Å². The molecule has 2 heteroatoms. The molecule has 18 heavy (non-hydrogen) atoms. The lowest BCUT2D eigenvalue weighted by molar-refractivity contribution is 0.0985. The van der Waals surface area contributed by atoms with Gasteiger partial charge in [0.2, 0.25) is 0 Å². The zero-order valence-electron chi connectivity index (χ0n) is 11.0. The number of ketones is 1. The van der Waals surface area contributed by atoms with Crippen LogP contribution in [-0.4, -0.2) is 12.3 Å². The summed E-state index contributed by atoms with van der Waals surface area (Å²) in [6.07, 6.45) is 8.50. The van der Waals surface area contributed by atoms with Crippen LogP contribution in [-0.2, 0) is 0 Å². The minimum Gasteiger partial charge on any atom is -0.330 e. The molecule has 0 spiro atoms. The molecule has 2 rings (SSSR count). The van der Waals surface area contributed by atoms with Crippen LogP contribution in [0.25, 0.3) is 0 Å². The first-order chi connectivity index (χ1) is 8.81. The van der Waals surface area contributed by atoms with Crippen molar-refractivity contribution in [1.29, 1.82) is 0 Å². The number of hydrogen-bond donors (Lipinski definition) is 1. The van der Waals surface area contributed by atoms with E-state index >= 15 is 0 Å². The van der Waals surface area contributed by atoms with Gasteiger partial charge in [0.25, 0.3) is 0 Å². The predicted octanol–water partition coefficient (Wildman–Crippen LogP) is 3.66. The second-order valence-electron chi connectivity index (χ2n) is 5.27. The van der Waals surface area contributed by atoms with Crippen molar-refractivity contribution in [3.63, 3.8) is 0 Å². The molecule has 1 saturated carbocycles. The first-order valence-corrected chi connectivity index (χ1v) is 7.14. The number of carbonyl (C=O) groups is 1. The van der Waals surface area contributed by atoms with Crippen LogP contribution >= 0.6 is 0 Å². The Hall–Kier alpha value is -1.15. The molecule has 2 N–H and O–H groups in total.